The van der Waals surface area contributed by atoms with Crippen molar-refractivity contribution in [3.63, 3.8) is 0 Å². The third-order valence-electron chi connectivity index (χ3n) is 5.64. The van der Waals surface area contributed by atoms with E-state index < -0.39 is 28.5 Å². The second-order valence-corrected chi connectivity index (χ2v) is 11.1. The van der Waals surface area contributed by atoms with Crippen LogP contribution in [-0.4, -0.2) is 62.7 Å². The Morgan fingerprint density at radius 3 is 2.31 bits per heavy atom. The fraction of sp³-hybridized carbons (Fsp3) is 0.462. The number of hydrogen-bond acceptors (Lipinski definition) is 5. The molecule has 2 amide bonds. The molecule has 0 aliphatic carbocycles. The number of ether oxygens (including phenoxy) is 1. The molecule has 0 bridgehead atoms. The van der Waals surface area contributed by atoms with Crippen LogP contribution >= 0.6 is 0 Å². The van der Waals surface area contributed by atoms with Gasteiger partial charge in [-0.05, 0) is 49.1 Å². The van der Waals surface area contributed by atoms with Crippen LogP contribution in [0.5, 0.6) is 5.75 Å². The Kier molecular flexibility index (Phi) is 10.3. The minimum absolute atomic E-state index is 0.111. The van der Waals surface area contributed by atoms with Gasteiger partial charge >= 0.3 is 0 Å². The molecule has 8 nitrogen and oxygen atoms in total. The minimum atomic E-state index is -3.88. The molecule has 0 fully saturated rings. The molecule has 0 unspecified atom stereocenters. The molecule has 0 saturated carbocycles. The molecular formula is C26H37N3O5S. The molecule has 0 aromatic heterocycles. The van der Waals surface area contributed by atoms with Crippen molar-refractivity contribution >= 4 is 21.8 Å². The Morgan fingerprint density at radius 1 is 1.09 bits per heavy atom. The summed E-state index contributed by atoms with van der Waals surface area (Å²) in [6, 6.07) is 13.0. The van der Waals surface area contributed by atoms with Gasteiger partial charge in [0.15, 0.2) is 0 Å². The van der Waals surface area contributed by atoms with E-state index >= 15 is 0 Å². The van der Waals surface area contributed by atoms with Crippen LogP contribution in [0.1, 0.15) is 38.3 Å². The van der Waals surface area contributed by atoms with Crippen LogP contribution in [0.25, 0.3) is 0 Å². The van der Waals surface area contributed by atoms with E-state index in [1.54, 1.807) is 31.4 Å². The van der Waals surface area contributed by atoms with Crippen LogP contribution in [-0.2, 0) is 26.2 Å². The van der Waals surface area contributed by atoms with Gasteiger partial charge in [0, 0.05) is 20.1 Å². The van der Waals surface area contributed by atoms with Crippen LogP contribution in [0.2, 0.25) is 0 Å². The number of likely N-dealkylation sites (N-methyl/N-ethyl adjacent to an activating group) is 1. The van der Waals surface area contributed by atoms with Crippen molar-refractivity contribution in [3.05, 3.63) is 59.7 Å². The maximum absolute atomic E-state index is 13.5. The van der Waals surface area contributed by atoms with Gasteiger partial charge in [0.25, 0.3) is 0 Å². The summed E-state index contributed by atoms with van der Waals surface area (Å²) in [4.78, 5) is 28.1. The SMILES string of the molecule is CC[C@H](C(=O)NCC(C)C)N(Cc1cccc(OC)c1)C(=O)CN(C)S(=O)(=O)c1ccc(C)cc1. The quantitative estimate of drug-likeness (QED) is 0.480. The molecule has 2 aromatic carbocycles. The zero-order chi connectivity index (χ0) is 26.2. The smallest absolute Gasteiger partial charge is 0.243 e. The van der Waals surface area contributed by atoms with Gasteiger partial charge in [0.2, 0.25) is 21.8 Å². The summed E-state index contributed by atoms with van der Waals surface area (Å²) in [6.45, 7) is 7.92. The zero-order valence-electron chi connectivity index (χ0n) is 21.4. The number of methoxy groups -OCH3 is 1. The van der Waals surface area contributed by atoms with E-state index in [1.807, 2.05) is 39.8 Å². The summed E-state index contributed by atoms with van der Waals surface area (Å²) in [5, 5.41) is 2.90. The molecule has 0 radical (unpaired) electrons. The highest BCUT2D eigenvalue weighted by atomic mass is 32.2. The van der Waals surface area contributed by atoms with Gasteiger partial charge in [0.05, 0.1) is 18.6 Å². The van der Waals surface area contributed by atoms with E-state index in [-0.39, 0.29) is 23.3 Å². The Morgan fingerprint density at radius 2 is 1.74 bits per heavy atom. The van der Waals surface area contributed by atoms with Crippen LogP contribution < -0.4 is 10.1 Å². The summed E-state index contributed by atoms with van der Waals surface area (Å²) < 4.78 is 32.4. The second-order valence-electron chi connectivity index (χ2n) is 9.01. The van der Waals surface area contributed by atoms with E-state index in [1.165, 1.54) is 24.1 Å². The Balaban J connectivity index is 2.33. The van der Waals surface area contributed by atoms with Crippen LogP contribution in [0.3, 0.4) is 0 Å². The van der Waals surface area contributed by atoms with Crippen molar-refractivity contribution < 1.29 is 22.7 Å². The van der Waals surface area contributed by atoms with Gasteiger partial charge in [-0.25, -0.2) is 8.42 Å². The lowest BCUT2D eigenvalue weighted by Gasteiger charge is -2.32. The molecule has 1 atom stereocenters. The van der Waals surface area contributed by atoms with E-state index in [4.69, 9.17) is 4.74 Å². The maximum atomic E-state index is 13.5. The third-order valence-corrected chi connectivity index (χ3v) is 7.46. The van der Waals surface area contributed by atoms with Crippen molar-refractivity contribution in [2.75, 3.05) is 27.2 Å². The van der Waals surface area contributed by atoms with Crippen LogP contribution in [0, 0.1) is 12.8 Å². The number of nitrogens with zero attached hydrogens (tertiary/aromatic N) is 2. The molecule has 0 aliphatic rings. The first kappa shape index (κ1) is 28.3. The molecule has 2 rings (SSSR count). The molecule has 1 N–H and O–H groups in total. The zero-order valence-corrected chi connectivity index (χ0v) is 22.3. The molecular weight excluding hydrogens is 466 g/mol. The first-order valence-electron chi connectivity index (χ1n) is 11.7. The number of carbonyl (C=O) groups is 2. The van der Waals surface area contributed by atoms with Gasteiger partial charge in [-0.15, -0.1) is 0 Å². The normalized spacial score (nSPS) is 12.5. The predicted octanol–water partition coefficient (Wildman–Crippen LogP) is 3.20. The van der Waals surface area contributed by atoms with E-state index in [2.05, 4.69) is 5.32 Å². The first-order valence-corrected chi connectivity index (χ1v) is 13.2. The highest BCUT2D eigenvalue weighted by Crippen LogP contribution is 2.19. The second kappa shape index (κ2) is 12.7. The number of nitrogens with one attached hydrogen (secondary N) is 1. The minimum Gasteiger partial charge on any atom is -0.497 e. The van der Waals surface area contributed by atoms with Crippen molar-refractivity contribution in [1.82, 2.24) is 14.5 Å². The lowest BCUT2D eigenvalue weighted by atomic mass is 10.1. The van der Waals surface area contributed by atoms with E-state index in [9.17, 15) is 18.0 Å². The Hall–Kier alpha value is -2.91. The lowest BCUT2D eigenvalue weighted by molar-refractivity contribution is -0.141. The molecule has 192 valence electrons. The largest absolute Gasteiger partial charge is 0.497 e. The molecule has 9 heteroatoms. The molecule has 0 heterocycles. The van der Waals surface area contributed by atoms with Crippen LogP contribution in [0.15, 0.2) is 53.4 Å². The fourth-order valence-corrected chi connectivity index (χ4v) is 4.69. The molecule has 0 spiro atoms. The van der Waals surface area contributed by atoms with Gasteiger partial charge in [0.1, 0.15) is 11.8 Å². The number of rotatable bonds is 12. The average Bonchev–Trinajstić information content (AvgIpc) is 2.82. The highest BCUT2D eigenvalue weighted by Gasteiger charge is 2.31. The van der Waals surface area contributed by atoms with Gasteiger partial charge < -0.3 is 15.0 Å². The molecule has 0 saturated heterocycles. The first-order chi connectivity index (χ1) is 16.5. The standard InChI is InChI=1S/C26H37N3O5S/c1-7-24(26(31)27-16-19(2)3)29(17-21-9-8-10-22(15-21)34-6)25(30)18-28(5)35(32,33)23-13-11-20(4)12-14-23/h8-15,19,24H,7,16-18H2,1-6H3,(H,27,31)/t24-/m1/s1. The lowest BCUT2D eigenvalue weighted by Crippen LogP contribution is -2.52. The molecule has 2 aromatic rings. The number of hydrogen-bond donors (Lipinski definition) is 1. The van der Waals surface area contributed by atoms with E-state index in [0.29, 0.717) is 18.7 Å². The van der Waals surface area contributed by atoms with Gasteiger partial charge in [-0.1, -0.05) is 50.6 Å². The number of aryl methyl sites for hydroxylation is 1. The number of amides is 2. The topological polar surface area (TPSA) is 96.0 Å². The third kappa shape index (κ3) is 7.80. The summed E-state index contributed by atoms with van der Waals surface area (Å²) in [5.41, 5.74) is 1.71. The monoisotopic (exact) mass is 503 g/mol. The number of benzene rings is 2. The summed E-state index contributed by atoms with van der Waals surface area (Å²) in [6.07, 6.45) is 0.383. The number of sulfonamides is 1. The predicted molar refractivity (Wildman–Crippen MR) is 136 cm³/mol. The van der Waals surface area contributed by atoms with Crippen molar-refractivity contribution in [1.29, 1.82) is 0 Å². The van der Waals surface area contributed by atoms with Crippen molar-refractivity contribution in [3.8, 4) is 5.75 Å². The molecule has 0 aliphatic heterocycles. The summed E-state index contributed by atoms with van der Waals surface area (Å²) in [7, 11) is -0.948. The Bertz CT molecular complexity index is 1100. The number of carbonyl (C=O) groups excluding carboxylic acids is 2. The Labute approximate surface area is 209 Å². The fourth-order valence-electron chi connectivity index (χ4n) is 3.57. The van der Waals surface area contributed by atoms with Gasteiger partial charge in [-0.3, -0.25) is 9.59 Å². The summed E-state index contributed by atoms with van der Waals surface area (Å²) >= 11 is 0. The van der Waals surface area contributed by atoms with Crippen molar-refractivity contribution in [2.45, 2.75) is 51.6 Å². The highest BCUT2D eigenvalue weighted by molar-refractivity contribution is 7.89. The van der Waals surface area contributed by atoms with Gasteiger partial charge in [-0.2, -0.15) is 4.31 Å². The van der Waals surface area contributed by atoms with Crippen molar-refractivity contribution in [2.24, 2.45) is 5.92 Å². The summed E-state index contributed by atoms with van der Waals surface area (Å²) in [5.74, 6) is 0.162. The van der Waals surface area contributed by atoms with E-state index in [0.717, 1.165) is 15.4 Å². The van der Waals surface area contributed by atoms with Crippen LogP contribution in [0.4, 0.5) is 0 Å². The maximum Gasteiger partial charge on any atom is 0.243 e. The molecule has 35 heavy (non-hydrogen) atoms. The average molecular weight is 504 g/mol.